The van der Waals surface area contributed by atoms with Gasteiger partial charge in [-0.05, 0) is 30.5 Å². The van der Waals surface area contributed by atoms with Crippen molar-refractivity contribution in [2.75, 3.05) is 5.32 Å². The highest BCUT2D eigenvalue weighted by atomic mass is 19.1. The second kappa shape index (κ2) is 5.86. The van der Waals surface area contributed by atoms with E-state index in [0.717, 1.165) is 0 Å². The first-order valence-electron chi connectivity index (χ1n) is 6.51. The summed E-state index contributed by atoms with van der Waals surface area (Å²) >= 11 is 0. The molecular formula is C15H17FN2O2. The first-order chi connectivity index (χ1) is 9.47. The van der Waals surface area contributed by atoms with Crippen LogP contribution >= 0.6 is 0 Å². The first kappa shape index (κ1) is 14.2. The van der Waals surface area contributed by atoms with Crippen molar-refractivity contribution in [2.45, 2.75) is 26.3 Å². The third-order valence-electron chi connectivity index (χ3n) is 3.04. The van der Waals surface area contributed by atoms with Gasteiger partial charge in [0.25, 0.3) is 0 Å². The van der Waals surface area contributed by atoms with Crippen LogP contribution < -0.4 is 5.32 Å². The van der Waals surface area contributed by atoms with E-state index in [9.17, 15) is 14.3 Å². The molecule has 5 heteroatoms. The van der Waals surface area contributed by atoms with Crippen LogP contribution in [0, 0.1) is 11.7 Å². The van der Waals surface area contributed by atoms with Crippen molar-refractivity contribution in [1.82, 2.24) is 4.98 Å². The second-order valence-electron chi connectivity index (χ2n) is 5.18. The van der Waals surface area contributed by atoms with E-state index in [2.05, 4.69) is 10.3 Å². The molecule has 0 saturated carbocycles. The number of hydrogen-bond acceptors (Lipinski definition) is 3. The largest absolute Gasteiger partial charge is 0.480 e. The molecule has 0 saturated heterocycles. The monoisotopic (exact) mass is 276 g/mol. The van der Waals surface area contributed by atoms with Crippen LogP contribution in [-0.2, 0) is 4.79 Å². The van der Waals surface area contributed by atoms with Crippen molar-refractivity contribution < 1.29 is 14.3 Å². The molecule has 0 aliphatic heterocycles. The molecule has 0 radical (unpaired) electrons. The average molecular weight is 276 g/mol. The fourth-order valence-electron chi connectivity index (χ4n) is 2.13. The van der Waals surface area contributed by atoms with Crippen molar-refractivity contribution in [3.63, 3.8) is 0 Å². The van der Waals surface area contributed by atoms with Crippen molar-refractivity contribution in [1.29, 1.82) is 0 Å². The second-order valence-corrected chi connectivity index (χ2v) is 5.18. The van der Waals surface area contributed by atoms with E-state index in [1.807, 2.05) is 13.8 Å². The van der Waals surface area contributed by atoms with Crippen LogP contribution in [0.3, 0.4) is 0 Å². The SMILES string of the molecule is CC(C)C[C@@H](Nc1ccnc2cc(F)ccc12)C(=O)O. The number of nitrogens with zero attached hydrogens (tertiary/aromatic N) is 1. The predicted octanol–water partition coefficient (Wildman–Crippen LogP) is 3.29. The third kappa shape index (κ3) is 3.23. The fourth-order valence-corrected chi connectivity index (χ4v) is 2.13. The van der Waals surface area contributed by atoms with Gasteiger partial charge in [0.05, 0.1) is 5.52 Å². The minimum absolute atomic E-state index is 0.258. The number of aromatic nitrogens is 1. The highest BCUT2D eigenvalue weighted by Crippen LogP contribution is 2.24. The Labute approximate surface area is 116 Å². The normalized spacial score (nSPS) is 12.6. The van der Waals surface area contributed by atoms with E-state index in [1.54, 1.807) is 18.3 Å². The van der Waals surface area contributed by atoms with Crippen LogP contribution in [0.5, 0.6) is 0 Å². The fraction of sp³-hybridized carbons (Fsp3) is 0.333. The Hall–Kier alpha value is -2.17. The summed E-state index contributed by atoms with van der Waals surface area (Å²) in [6.07, 6.45) is 2.05. The summed E-state index contributed by atoms with van der Waals surface area (Å²) in [4.78, 5) is 15.4. The molecule has 2 aromatic rings. The molecule has 0 amide bonds. The number of halogens is 1. The lowest BCUT2D eigenvalue weighted by Gasteiger charge is -2.18. The number of carboxylic acid groups (broad SMARTS) is 1. The minimum atomic E-state index is -0.897. The van der Waals surface area contributed by atoms with Gasteiger partial charge in [-0.2, -0.15) is 0 Å². The summed E-state index contributed by atoms with van der Waals surface area (Å²) in [6, 6.07) is 5.31. The van der Waals surface area contributed by atoms with E-state index in [0.29, 0.717) is 23.0 Å². The standard InChI is InChI=1S/C15H17FN2O2/c1-9(2)7-14(15(19)20)18-12-5-6-17-13-8-10(16)3-4-11(12)13/h3-6,8-9,14H,7H2,1-2H3,(H,17,18)(H,19,20)/t14-/m1/s1. The number of hydrogen-bond donors (Lipinski definition) is 2. The van der Waals surface area contributed by atoms with Crippen molar-refractivity contribution >= 4 is 22.6 Å². The van der Waals surface area contributed by atoms with Gasteiger partial charge in [0, 0.05) is 23.3 Å². The molecule has 0 aliphatic carbocycles. The number of pyridine rings is 1. The van der Waals surface area contributed by atoms with E-state index in [4.69, 9.17) is 0 Å². The maximum atomic E-state index is 13.2. The Kier molecular flexibility index (Phi) is 4.17. The molecule has 1 atom stereocenters. The predicted molar refractivity (Wildman–Crippen MR) is 76.2 cm³/mol. The Morgan fingerprint density at radius 2 is 2.15 bits per heavy atom. The maximum Gasteiger partial charge on any atom is 0.326 e. The topological polar surface area (TPSA) is 62.2 Å². The summed E-state index contributed by atoms with van der Waals surface area (Å²) in [5.41, 5.74) is 1.16. The molecule has 1 aromatic heterocycles. The van der Waals surface area contributed by atoms with Crippen LogP contribution in [0.25, 0.3) is 10.9 Å². The molecule has 0 bridgehead atoms. The summed E-state index contributed by atoms with van der Waals surface area (Å²) in [7, 11) is 0. The summed E-state index contributed by atoms with van der Waals surface area (Å²) < 4.78 is 13.2. The van der Waals surface area contributed by atoms with Gasteiger partial charge in [0.2, 0.25) is 0 Å². The van der Waals surface area contributed by atoms with E-state index in [-0.39, 0.29) is 11.7 Å². The molecule has 4 nitrogen and oxygen atoms in total. The zero-order chi connectivity index (χ0) is 14.7. The minimum Gasteiger partial charge on any atom is -0.480 e. The summed E-state index contributed by atoms with van der Waals surface area (Å²) in [5, 5.41) is 13.0. The van der Waals surface area contributed by atoms with Gasteiger partial charge in [0.1, 0.15) is 11.9 Å². The Morgan fingerprint density at radius 3 is 2.80 bits per heavy atom. The molecule has 0 aliphatic rings. The first-order valence-corrected chi connectivity index (χ1v) is 6.51. The van der Waals surface area contributed by atoms with Crippen LogP contribution in [0.2, 0.25) is 0 Å². The summed E-state index contributed by atoms with van der Waals surface area (Å²) in [6.45, 7) is 3.94. The highest BCUT2D eigenvalue weighted by molar-refractivity contribution is 5.92. The van der Waals surface area contributed by atoms with E-state index >= 15 is 0 Å². The molecule has 2 rings (SSSR count). The van der Waals surface area contributed by atoms with Gasteiger partial charge in [-0.3, -0.25) is 4.98 Å². The van der Waals surface area contributed by atoms with Gasteiger partial charge < -0.3 is 10.4 Å². The van der Waals surface area contributed by atoms with Crippen molar-refractivity contribution in [2.24, 2.45) is 5.92 Å². The van der Waals surface area contributed by atoms with Crippen molar-refractivity contribution in [3.05, 3.63) is 36.3 Å². The van der Waals surface area contributed by atoms with Crippen LogP contribution in [0.4, 0.5) is 10.1 Å². The average Bonchev–Trinajstić information content (AvgIpc) is 2.37. The maximum absolute atomic E-state index is 13.2. The number of aliphatic carboxylic acids is 1. The van der Waals surface area contributed by atoms with Crippen LogP contribution in [0.1, 0.15) is 20.3 Å². The number of benzene rings is 1. The number of carbonyl (C=O) groups is 1. The molecule has 0 fully saturated rings. The van der Waals surface area contributed by atoms with E-state index in [1.165, 1.54) is 12.1 Å². The molecular weight excluding hydrogens is 259 g/mol. The molecule has 0 unspecified atom stereocenters. The lowest BCUT2D eigenvalue weighted by atomic mass is 10.0. The number of carboxylic acids is 1. The third-order valence-corrected chi connectivity index (χ3v) is 3.04. The highest BCUT2D eigenvalue weighted by Gasteiger charge is 2.19. The number of rotatable bonds is 5. The van der Waals surface area contributed by atoms with Gasteiger partial charge in [-0.25, -0.2) is 9.18 Å². The van der Waals surface area contributed by atoms with E-state index < -0.39 is 12.0 Å². The number of anilines is 1. The number of fused-ring (bicyclic) bond motifs is 1. The molecule has 106 valence electrons. The zero-order valence-electron chi connectivity index (χ0n) is 11.4. The molecule has 1 heterocycles. The molecule has 20 heavy (non-hydrogen) atoms. The summed E-state index contributed by atoms with van der Waals surface area (Å²) in [5.74, 6) is -1.00. The van der Waals surface area contributed by atoms with Gasteiger partial charge >= 0.3 is 5.97 Å². The lowest BCUT2D eigenvalue weighted by Crippen LogP contribution is -2.30. The van der Waals surface area contributed by atoms with Crippen molar-refractivity contribution in [3.8, 4) is 0 Å². The van der Waals surface area contributed by atoms with Crippen LogP contribution in [-0.4, -0.2) is 22.1 Å². The molecule has 0 spiro atoms. The quantitative estimate of drug-likeness (QED) is 0.879. The zero-order valence-corrected chi connectivity index (χ0v) is 11.4. The van der Waals surface area contributed by atoms with Gasteiger partial charge in [0.15, 0.2) is 0 Å². The molecule has 2 N–H and O–H groups in total. The van der Waals surface area contributed by atoms with Gasteiger partial charge in [-0.15, -0.1) is 0 Å². The van der Waals surface area contributed by atoms with Gasteiger partial charge in [-0.1, -0.05) is 13.8 Å². The lowest BCUT2D eigenvalue weighted by molar-refractivity contribution is -0.138. The number of nitrogens with one attached hydrogen (secondary N) is 1. The Balaban J connectivity index is 2.34. The van der Waals surface area contributed by atoms with Crippen LogP contribution in [0.15, 0.2) is 30.5 Å². The molecule has 1 aromatic carbocycles. The smallest absolute Gasteiger partial charge is 0.326 e. The Bertz CT molecular complexity index is 628. The Morgan fingerprint density at radius 1 is 1.40 bits per heavy atom.